The molecule has 1 heterocycles. The number of hydrogen-bond acceptors (Lipinski definition) is 2. The summed E-state index contributed by atoms with van der Waals surface area (Å²) >= 11 is 7.41. The molecular weight excluding hydrogens is 257 g/mol. The summed E-state index contributed by atoms with van der Waals surface area (Å²) < 4.78 is 14.6. The summed E-state index contributed by atoms with van der Waals surface area (Å²) in [4.78, 5) is 0.886. The van der Waals surface area contributed by atoms with Gasteiger partial charge < -0.3 is 5.73 Å². The molecule has 0 bridgehead atoms. The van der Waals surface area contributed by atoms with E-state index in [0.29, 0.717) is 15.5 Å². The number of halogens is 2. The van der Waals surface area contributed by atoms with Crippen LogP contribution in [0, 0.1) is 19.7 Å². The van der Waals surface area contributed by atoms with Gasteiger partial charge in [0.25, 0.3) is 0 Å². The fourth-order valence-corrected chi connectivity index (χ4v) is 2.94. The van der Waals surface area contributed by atoms with E-state index in [1.54, 1.807) is 19.1 Å². The average Bonchev–Trinajstić information content (AvgIpc) is 2.62. The second kappa shape index (κ2) is 4.77. The van der Waals surface area contributed by atoms with E-state index in [-0.39, 0.29) is 5.82 Å². The summed E-state index contributed by atoms with van der Waals surface area (Å²) in [5.41, 5.74) is 8.19. The van der Waals surface area contributed by atoms with Gasteiger partial charge in [0.1, 0.15) is 5.82 Å². The summed E-state index contributed by atoms with van der Waals surface area (Å²) in [5, 5.41) is 0. The van der Waals surface area contributed by atoms with Crippen LogP contribution in [0.1, 0.15) is 27.6 Å². The lowest BCUT2D eigenvalue weighted by Gasteiger charge is -2.12. The van der Waals surface area contributed by atoms with Crippen molar-refractivity contribution in [3.05, 3.63) is 56.0 Å². The van der Waals surface area contributed by atoms with Crippen molar-refractivity contribution < 1.29 is 4.39 Å². The lowest BCUT2D eigenvalue weighted by atomic mass is 10.0. The molecule has 0 spiro atoms. The monoisotopic (exact) mass is 269 g/mol. The van der Waals surface area contributed by atoms with Gasteiger partial charge in [-0.25, -0.2) is 4.39 Å². The summed E-state index contributed by atoms with van der Waals surface area (Å²) in [6, 6.07) is 6.73. The molecule has 1 aromatic carbocycles. The summed E-state index contributed by atoms with van der Waals surface area (Å²) in [7, 11) is 0. The molecule has 1 atom stereocenters. The molecule has 0 amide bonds. The molecule has 0 fully saturated rings. The number of rotatable bonds is 2. The van der Waals surface area contributed by atoms with E-state index in [9.17, 15) is 4.39 Å². The van der Waals surface area contributed by atoms with E-state index >= 15 is 0 Å². The van der Waals surface area contributed by atoms with E-state index in [2.05, 4.69) is 0 Å². The Morgan fingerprint density at radius 2 is 2.00 bits per heavy atom. The van der Waals surface area contributed by atoms with Crippen LogP contribution in [0.25, 0.3) is 0 Å². The van der Waals surface area contributed by atoms with Crippen LogP contribution in [-0.2, 0) is 0 Å². The zero-order valence-corrected chi connectivity index (χ0v) is 11.2. The first-order valence-corrected chi connectivity index (χ1v) is 6.46. The van der Waals surface area contributed by atoms with E-state index < -0.39 is 6.04 Å². The molecule has 1 unspecified atom stereocenters. The predicted molar refractivity (Wildman–Crippen MR) is 71.2 cm³/mol. The summed E-state index contributed by atoms with van der Waals surface area (Å²) in [5.74, 6) is -0.234. The van der Waals surface area contributed by atoms with Crippen LogP contribution in [0.5, 0.6) is 0 Å². The molecule has 2 N–H and O–H groups in total. The van der Waals surface area contributed by atoms with E-state index in [0.717, 1.165) is 10.4 Å². The van der Waals surface area contributed by atoms with Crippen molar-refractivity contribution in [1.82, 2.24) is 0 Å². The Hall–Kier alpha value is -0.900. The van der Waals surface area contributed by atoms with Crippen LogP contribution in [0.15, 0.2) is 24.3 Å². The minimum absolute atomic E-state index is 0.234. The maximum absolute atomic E-state index is 13.9. The van der Waals surface area contributed by atoms with Gasteiger partial charge >= 0.3 is 0 Å². The summed E-state index contributed by atoms with van der Waals surface area (Å²) in [6.45, 7) is 3.65. The van der Waals surface area contributed by atoms with Gasteiger partial charge in [0.15, 0.2) is 0 Å². The van der Waals surface area contributed by atoms with Crippen molar-refractivity contribution in [2.45, 2.75) is 19.9 Å². The smallest absolute Gasteiger partial charge is 0.131 e. The maximum atomic E-state index is 13.9. The third-order valence-corrected chi connectivity index (χ3v) is 4.38. The minimum atomic E-state index is -0.453. The van der Waals surface area contributed by atoms with Crippen molar-refractivity contribution in [2.75, 3.05) is 0 Å². The van der Waals surface area contributed by atoms with Crippen LogP contribution >= 0.6 is 22.9 Å². The third-order valence-electron chi connectivity index (χ3n) is 2.74. The third kappa shape index (κ3) is 2.37. The maximum Gasteiger partial charge on any atom is 0.131 e. The number of thiophene rings is 1. The fourth-order valence-electron chi connectivity index (χ4n) is 1.70. The fraction of sp³-hybridized carbons (Fsp3) is 0.231. The molecule has 0 aliphatic carbocycles. The molecule has 1 aromatic heterocycles. The molecule has 2 rings (SSSR count). The highest BCUT2D eigenvalue weighted by molar-refractivity contribution is 7.16. The Kier molecular flexibility index (Phi) is 3.52. The van der Waals surface area contributed by atoms with E-state index in [1.165, 1.54) is 11.3 Å². The van der Waals surface area contributed by atoms with Gasteiger partial charge in [-0.15, -0.1) is 11.3 Å². The first-order valence-electron chi connectivity index (χ1n) is 5.27. The number of nitrogens with two attached hydrogens (primary N) is 1. The standard InChI is InChI=1S/C13H13ClFNS/c1-7-4-3-5-9(11(7)15)12(16)10-6-8(2)13(14)17-10/h3-6,12H,16H2,1-2H3. The van der Waals surface area contributed by atoms with E-state index in [4.69, 9.17) is 17.3 Å². The lowest BCUT2D eigenvalue weighted by molar-refractivity contribution is 0.592. The second-order valence-electron chi connectivity index (χ2n) is 4.06. The van der Waals surface area contributed by atoms with Crippen LogP contribution < -0.4 is 5.73 Å². The van der Waals surface area contributed by atoms with Crippen molar-refractivity contribution in [3.8, 4) is 0 Å². The van der Waals surface area contributed by atoms with Crippen LogP contribution in [0.2, 0.25) is 4.34 Å². The molecule has 0 saturated heterocycles. The molecular formula is C13H13ClFNS. The van der Waals surface area contributed by atoms with Crippen molar-refractivity contribution in [2.24, 2.45) is 5.73 Å². The Morgan fingerprint density at radius 1 is 1.29 bits per heavy atom. The number of hydrogen-bond donors (Lipinski definition) is 1. The van der Waals surface area contributed by atoms with Crippen LogP contribution in [0.3, 0.4) is 0 Å². The van der Waals surface area contributed by atoms with Crippen molar-refractivity contribution in [1.29, 1.82) is 0 Å². The molecule has 4 heteroatoms. The Morgan fingerprint density at radius 3 is 2.59 bits per heavy atom. The summed E-state index contributed by atoms with van der Waals surface area (Å²) in [6.07, 6.45) is 0. The van der Waals surface area contributed by atoms with Gasteiger partial charge in [-0.3, -0.25) is 0 Å². The topological polar surface area (TPSA) is 26.0 Å². The zero-order valence-electron chi connectivity index (χ0n) is 9.63. The quantitative estimate of drug-likeness (QED) is 0.869. The molecule has 2 aromatic rings. The highest BCUT2D eigenvalue weighted by Gasteiger charge is 2.17. The first kappa shape index (κ1) is 12.6. The molecule has 1 nitrogen and oxygen atoms in total. The van der Waals surface area contributed by atoms with Gasteiger partial charge in [0, 0.05) is 10.4 Å². The van der Waals surface area contributed by atoms with Crippen molar-refractivity contribution >= 4 is 22.9 Å². The van der Waals surface area contributed by atoms with Gasteiger partial charge in [-0.2, -0.15) is 0 Å². The second-order valence-corrected chi connectivity index (χ2v) is 5.75. The van der Waals surface area contributed by atoms with Gasteiger partial charge in [0.2, 0.25) is 0 Å². The first-order chi connectivity index (χ1) is 8.00. The highest BCUT2D eigenvalue weighted by atomic mass is 35.5. The van der Waals surface area contributed by atoms with Gasteiger partial charge in [-0.1, -0.05) is 29.8 Å². The zero-order chi connectivity index (χ0) is 12.6. The Balaban J connectivity index is 2.43. The average molecular weight is 270 g/mol. The minimum Gasteiger partial charge on any atom is -0.320 e. The molecule has 17 heavy (non-hydrogen) atoms. The highest BCUT2D eigenvalue weighted by Crippen LogP contribution is 2.33. The number of benzene rings is 1. The lowest BCUT2D eigenvalue weighted by Crippen LogP contribution is -2.12. The molecule has 90 valence electrons. The van der Waals surface area contributed by atoms with E-state index in [1.807, 2.05) is 19.1 Å². The molecule has 0 aliphatic heterocycles. The molecule has 0 saturated carbocycles. The van der Waals surface area contributed by atoms with Crippen molar-refractivity contribution in [3.63, 3.8) is 0 Å². The van der Waals surface area contributed by atoms with Crippen LogP contribution in [0.4, 0.5) is 4.39 Å². The predicted octanol–water partition coefficient (Wildman–Crippen LogP) is 4.21. The molecule has 0 aliphatic rings. The number of aryl methyl sites for hydroxylation is 2. The Bertz CT molecular complexity index is 531. The Labute approximate surface area is 109 Å². The SMILES string of the molecule is Cc1cc(C(N)c2cccc(C)c2F)sc1Cl. The van der Waals surface area contributed by atoms with Gasteiger partial charge in [0.05, 0.1) is 10.4 Å². The largest absolute Gasteiger partial charge is 0.320 e. The van der Waals surface area contributed by atoms with Gasteiger partial charge in [-0.05, 0) is 31.0 Å². The normalized spacial score (nSPS) is 12.8. The van der Waals surface area contributed by atoms with Crippen LogP contribution in [-0.4, -0.2) is 0 Å². The molecule has 0 radical (unpaired) electrons.